The van der Waals surface area contributed by atoms with Gasteiger partial charge in [-0.3, -0.25) is 9.59 Å². The van der Waals surface area contributed by atoms with E-state index < -0.39 is 11.8 Å². The van der Waals surface area contributed by atoms with Crippen LogP contribution in [0.1, 0.15) is 29.9 Å². The standard InChI is InChI=1S/C23H24N4O4/c1-30-21-13-17(9-10-20(21)31-16-22(28)27-11-5-6-12-27)15-25-26-23(29)19(14-24)18-7-3-2-4-8-18/h2-4,7-10,13,15,19H,5-6,11-12,16H2,1H3,(H,26,29)/b25-15-/t19-/m0/s1. The molecule has 2 aromatic rings. The minimum atomic E-state index is -0.947. The Balaban J connectivity index is 1.58. The van der Waals surface area contributed by atoms with Crippen molar-refractivity contribution >= 4 is 18.0 Å². The Morgan fingerprint density at radius 3 is 2.61 bits per heavy atom. The molecule has 1 atom stereocenters. The second-order valence-corrected chi connectivity index (χ2v) is 6.99. The average Bonchev–Trinajstić information content (AvgIpc) is 3.34. The van der Waals surface area contributed by atoms with Crippen molar-refractivity contribution in [2.45, 2.75) is 18.8 Å². The van der Waals surface area contributed by atoms with Crippen molar-refractivity contribution in [3.63, 3.8) is 0 Å². The highest BCUT2D eigenvalue weighted by Gasteiger charge is 2.20. The molecule has 1 N–H and O–H groups in total. The molecule has 0 bridgehead atoms. The van der Waals surface area contributed by atoms with Gasteiger partial charge in [-0.25, -0.2) is 5.43 Å². The second-order valence-electron chi connectivity index (χ2n) is 6.99. The van der Waals surface area contributed by atoms with Crippen LogP contribution in [0.5, 0.6) is 11.5 Å². The molecule has 3 rings (SSSR count). The van der Waals surface area contributed by atoms with Crippen molar-refractivity contribution in [3.05, 3.63) is 59.7 Å². The van der Waals surface area contributed by atoms with Gasteiger partial charge in [0.05, 0.1) is 19.4 Å². The number of carbonyl (C=O) groups is 2. The summed E-state index contributed by atoms with van der Waals surface area (Å²) in [6.07, 6.45) is 3.50. The zero-order chi connectivity index (χ0) is 22.1. The monoisotopic (exact) mass is 420 g/mol. The molecule has 0 aliphatic carbocycles. The summed E-state index contributed by atoms with van der Waals surface area (Å²) in [6, 6.07) is 15.9. The van der Waals surface area contributed by atoms with Crippen LogP contribution in [0.25, 0.3) is 0 Å². The number of rotatable bonds is 8. The summed E-state index contributed by atoms with van der Waals surface area (Å²) < 4.78 is 11.0. The van der Waals surface area contributed by atoms with Crippen LogP contribution in [0.4, 0.5) is 0 Å². The normalized spacial score (nSPS) is 14.1. The number of nitriles is 1. The van der Waals surface area contributed by atoms with E-state index in [2.05, 4.69) is 10.5 Å². The Labute approximate surface area is 181 Å². The van der Waals surface area contributed by atoms with Gasteiger partial charge in [-0.1, -0.05) is 30.3 Å². The molecule has 8 heteroatoms. The van der Waals surface area contributed by atoms with E-state index in [1.54, 1.807) is 47.4 Å². The molecule has 160 valence electrons. The van der Waals surface area contributed by atoms with Gasteiger partial charge in [-0.15, -0.1) is 0 Å². The van der Waals surface area contributed by atoms with Crippen molar-refractivity contribution in [2.75, 3.05) is 26.8 Å². The number of likely N-dealkylation sites (tertiary alicyclic amines) is 1. The molecular formula is C23H24N4O4. The fourth-order valence-electron chi connectivity index (χ4n) is 3.25. The summed E-state index contributed by atoms with van der Waals surface area (Å²) in [5.74, 6) is -0.610. The first-order valence-electron chi connectivity index (χ1n) is 9.98. The van der Waals surface area contributed by atoms with Crippen LogP contribution in [0.2, 0.25) is 0 Å². The molecule has 8 nitrogen and oxygen atoms in total. The maximum atomic E-state index is 12.3. The van der Waals surface area contributed by atoms with Gasteiger partial charge >= 0.3 is 0 Å². The van der Waals surface area contributed by atoms with E-state index in [0.29, 0.717) is 22.6 Å². The average molecular weight is 420 g/mol. The maximum Gasteiger partial charge on any atom is 0.261 e. The van der Waals surface area contributed by atoms with E-state index >= 15 is 0 Å². The number of carbonyl (C=O) groups excluding carboxylic acids is 2. The predicted octanol–water partition coefficient (Wildman–Crippen LogP) is 2.45. The first-order valence-corrected chi connectivity index (χ1v) is 9.98. The molecule has 1 heterocycles. The summed E-state index contributed by atoms with van der Waals surface area (Å²) in [6.45, 7) is 1.50. The molecule has 0 saturated carbocycles. The number of benzene rings is 2. The van der Waals surface area contributed by atoms with Crippen LogP contribution in [-0.4, -0.2) is 49.7 Å². The molecule has 0 unspecified atom stereocenters. The van der Waals surface area contributed by atoms with Gasteiger partial charge in [-0.2, -0.15) is 10.4 Å². The van der Waals surface area contributed by atoms with E-state index in [0.717, 1.165) is 25.9 Å². The van der Waals surface area contributed by atoms with Gasteiger partial charge in [0.1, 0.15) is 0 Å². The summed E-state index contributed by atoms with van der Waals surface area (Å²) >= 11 is 0. The maximum absolute atomic E-state index is 12.3. The zero-order valence-corrected chi connectivity index (χ0v) is 17.3. The Hall–Kier alpha value is -3.86. The molecule has 2 amide bonds. The van der Waals surface area contributed by atoms with Crippen LogP contribution in [0.15, 0.2) is 53.6 Å². The SMILES string of the molecule is COc1cc(/C=N\NC(=O)[C@@H](C#N)c2ccccc2)ccc1OCC(=O)N1CCCC1. The Kier molecular flexibility index (Phi) is 7.60. The molecule has 1 fully saturated rings. The van der Waals surface area contributed by atoms with Crippen molar-refractivity contribution in [1.29, 1.82) is 5.26 Å². The molecular weight excluding hydrogens is 396 g/mol. The van der Waals surface area contributed by atoms with E-state index in [9.17, 15) is 14.9 Å². The van der Waals surface area contributed by atoms with Gasteiger partial charge in [0.2, 0.25) is 0 Å². The number of nitrogens with zero attached hydrogens (tertiary/aromatic N) is 3. The minimum absolute atomic E-state index is 0.0432. The highest BCUT2D eigenvalue weighted by Crippen LogP contribution is 2.27. The Morgan fingerprint density at radius 2 is 1.94 bits per heavy atom. The molecule has 0 aromatic heterocycles. The first kappa shape index (κ1) is 21.8. The smallest absolute Gasteiger partial charge is 0.261 e. The van der Waals surface area contributed by atoms with E-state index in [-0.39, 0.29) is 12.5 Å². The van der Waals surface area contributed by atoms with Crippen molar-refractivity contribution < 1.29 is 19.1 Å². The van der Waals surface area contributed by atoms with Crippen LogP contribution >= 0.6 is 0 Å². The Bertz CT molecular complexity index is 979. The van der Waals surface area contributed by atoms with Gasteiger partial charge < -0.3 is 14.4 Å². The largest absolute Gasteiger partial charge is 0.493 e. The van der Waals surface area contributed by atoms with Crippen LogP contribution in [-0.2, 0) is 9.59 Å². The number of nitrogens with one attached hydrogen (secondary N) is 1. The molecule has 0 radical (unpaired) electrons. The third kappa shape index (κ3) is 5.82. The second kappa shape index (κ2) is 10.8. The van der Waals surface area contributed by atoms with Gasteiger partial charge in [-0.05, 0) is 42.2 Å². The lowest BCUT2D eigenvalue weighted by Crippen LogP contribution is -2.32. The lowest BCUT2D eigenvalue weighted by Gasteiger charge is -2.16. The lowest BCUT2D eigenvalue weighted by molar-refractivity contribution is -0.132. The fraction of sp³-hybridized carbons (Fsp3) is 0.304. The number of ether oxygens (including phenoxy) is 2. The third-order valence-electron chi connectivity index (χ3n) is 4.91. The number of amides is 2. The summed E-state index contributed by atoms with van der Waals surface area (Å²) in [5, 5.41) is 13.2. The van der Waals surface area contributed by atoms with Crippen LogP contribution < -0.4 is 14.9 Å². The molecule has 1 aliphatic heterocycles. The minimum Gasteiger partial charge on any atom is -0.493 e. The molecule has 1 aliphatic rings. The molecule has 1 saturated heterocycles. The van der Waals surface area contributed by atoms with Gasteiger partial charge in [0.25, 0.3) is 11.8 Å². The Morgan fingerprint density at radius 1 is 1.19 bits per heavy atom. The van der Waals surface area contributed by atoms with Crippen LogP contribution in [0, 0.1) is 11.3 Å². The first-order chi connectivity index (χ1) is 15.1. The number of hydrogen-bond acceptors (Lipinski definition) is 6. The summed E-state index contributed by atoms with van der Waals surface area (Å²) in [7, 11) is 1.50. The fourth-order valence-corrected chi connectivity index (χ4v) is 3.25. The number of hydrazone groups is 1. The van der Waals surface area contributed by atoms with Crippen molar-refractivity contribution in [2.24, 2.45) is 5.10 Å². The summed E-state index contributed by atoms with van der Waals surface area (Å²) in [4.78, 5) is 26.2. The lowest BCUT2D eigenvalue weighted by atomic mass is 10.0. The highest BCUT2D eigenvalue weighted by molar-refractivity contribution is 5.88. The topological polar surface area (TPSA) is 104 Å². The van der Waals surface area contributed by atoms with E-state index in [1.165, 1.54) is 13.3 Å². The summed E-state index contributed by atoms with van der Waals surface area (Å²) in [5.41, 5.74) is 3.65. The van der Waals surface area contributed by atoms with Crippen LogP contribution in [0.3, 0.4) is 0 Å². The number of hydrogen-bond donors (Lipinski definition) is 1. The molecule has 0 spiro atoms. The van der Waals surface area contributed by atoms with Crippen molar-refractivity contribution in [1.82, 2.24) is 10.3 Å². The van der Waals surface area contributed by atoms with Crippen molar-refractivity contribution in [3.8, 4) is 17.6 Å². The third-order valence-corrected chi connectivity index (χ3v) is 4.91. The molecule has 2 aromatic carbocycles. The predicted molar refractivity (Wildman–Crippen MR) is 115 cm³/mol. The zero-order valence-electron chi connectivity index (χ0n) is 17.3. The number of methoxy groups -OCH3 is 1. The van der Waals surface area contributed by atoms with E-state index in [4.69, 9.17) is 9.47 Å². The molecule has 31 heavy (non-hydrogen) atoms. The van der Waals surface area contributed by atoms with Gasteiger partial charge in [0, 0.05) is 13.1 Å². The highest BCUT2D eigenvalue weighted by atomic mass is 16.5. The quantitative estimate of drug-likeness (QED) is 0.522. The van der Waals surface area contributed by atoms with Gasteiger partial charge in [0.15, 0.2) is 24.0 Å². The van der Waals surface area contributed by atoms with E-state index in [1.807, 2.05) is 12.1 Å².